The molecule has 0 spiro atoms. The monoisotopic (exact) mass is 301 g/mol. The maximum Gasteiger partial charge on any atom is 0.416 e. The second kappa shape index (κ2) is 6.05. The van der Waals surface area contributed by atoms with E-state index in [-0.39, 0.29) is 24.3 Å². The van der Waals surface area contributed by atoms with E-state index in [0.29, 0.717) is 18.5 Å². The number of alkyl halides is 3. The Kier molecular flexibility index (Phi) is 4.56. The van der Waals surface area contributed by atoms with Crippen LogP contribution in [0.2, 0.25) is 0 Å². The summed E-state index contributed by atoms with van der Waals surface area (Å²) in [7, 11) is 0. The molecule has 21 heavy (non-hydrogen) atoms. The quantitative estimate of drug-likeness (QED) is 0.848. The van der Waals surface area contributed by atoms with Gasteiger partial charge in [-0.05, 0) is 36.3 Å². The fourth-order valence-corrected chi connectivity index (χ4v) is 2.32. The predicted octanol–water partition coefficient (Wildman–Crippen LogP) is 2.53. The van der Waals surface area contributed by atoms with Gasteiger partial charge in [0, 0.05) is 13.2 Å². The third kappa shape index (κ3) is 4.46. The summed E-state index contributed by atoms with van der Waals surface area (Å²) < 4.78 is 37.7. The molecule has 0 unspecified atom stereocenters. The van der Waals surface area contributed by atoms with Crippen molar-refractivity contribution in [3.8, 4) is 0 Å². The maximum atomic E-state index is 12.6. The van der Waals surface area contributed by atoms with Gasteiger partial charge >= 0.3 is 6.18 Å². The summed E-state index contributed by atoms with van der Waals surface area (Å²) in [6, 6.07) is 4.80. The third-order valence-electron chi connectivity index (χ3n) is 3.88. The fourth-order valence-electron chi connectivity index (χ4n) is 2.32. The number of aliphatic hydroxyl groups excluding tert-OH is 1. The van der Waals surface area contributed by atoms with Crippen molar-refractivity contribution in [1.82, 2.24) is 5.32 Å². The Labute approximate surface area is 121 Å². The summed E-state index contributed by atoms with van der Waals surface area (Å²) in [5.74, 6) is -0.293. The van der Waals surface area contributed by atoms with Gasteiger partial charge in [0.2, 0.25) is 5.91 Å². The molecule has 2 N–H and O–H groups in total. The molecule has 1 aliphatic rings. The number of hydrogen-bond donors (Lipinski definition) is 2. The molecule has 0 aromatic heterocycles. The highest BCUT2D eigenvalue weighted by atomic mass is 19.4. The van der Waals surface area contributed by atoms with Crippen molar-refractivity contribution in [2.75, 3.05) is 13.2 Å². The minimum absolute atomic E-state index is 0.00176. The summed E-state index contributed by atoms with van der Waals surface area (Å²) in [4.78, 5) is 11.8. The van der Waals surface area contributed by atoms with Crippen molar-refractivity contribution in [1.29, 1.82) is 0 Å². The number of amides is 1. The van der Waals surface area contributed by atoms with Crippen LogP contribution in [-0.4, -0.2) is 24.2 Å². The Balaban J connectivity index is 1.88. The lowest BCUT2D eigenvalue weighted by Gasteiger charge is -2.14. The number of hydrogen-bond acceptors (Lipinski definition) is 2. The summed E-state index contributed by atoms with van der Waals surface area (Å²) in [5, 5.41) is 11.7. The van der Waals surface area contributed by atoms with Gasteiger partial charge in [-0.25, -0.2) is 0 Å². The van der Waals surface area contributed by atoms with Crippen molar-refractivity contribution < 1.29 is 23.1 Å². The molecule has 116 valence electrons. The summed E-state index contributed by atoms with van der Waals surface area (Å²) in [6.07, 6.45) is -1.88. The van der Waals surface area contributed by atoms with Crippen LogP contribution in [0.15, 0.2) is 24.3 Å². The summed E-state index contributed by atoms with van der Waals surface area (Å²) in [6.45, 7) is 0.564. The second-order valence-corrected chi connectivity index (χ2v) is 5.63. The lowest BCUT2D eigenvalue weighted by molar-refractivity contribution is -0.137. The Hall–Kier alpha value is -1.56. The van der Waals surface area contributed by atoms with E-state index in [1.807, 2.05) is 0 Å². The van der Waals surface area contributed by atoms with E-state index in [0.717, 1.165) is 25.0 Å². The van der Waals surface area contributed by atoms with Gasteiger partial charge in [-0.2, -0.15) is 13.2 Å². The van der Waals surface area contributed by atoms with Crippen molar-refractivity contribution in [2.24, 2.45) is 5.41 Å². The smallest absolute Gasteiger partial charge is 0.396 e. The van der Waals surface area contributed by atoms with Gasteiger partial charge < -0.3 is 10.4 Å². The SMILES string of the molecule is O=C(Cc1cccc(C(F)(F)F)c1)NCC1(CCO)CC1. The molecule has 2 rings (SSSR count). The molecule has 1 aromatic carbocycles. The Morgan fingerprint density at radius 3 is 2.62 bits per heavy atom. The van der Waals surface area contributed by atoms with Crippen molar-refractivity contribution in [3.63, 3.8) is 0 Å². The molecule has 0 atom stereocenters. The average molecular weight is 301 g/mol. The van der Waals surface area contributed by atoms with Crippen LogP contribution < -0.4 is 5.32 Å². The lowest BCUT2D eigenvalue weighted by atomic mass is 10.0. The van der Waals surface area contributed by atoms with Crippen LogP contribution in [0.4, 0.5) is 13.2 Å². The van der Waals surface area contributed by atoms with Gasteiger partial charge in [0.25, 0.3) is 0 Å². The van der Waals surface area contributed by atoms with Crippen molar-refractivity contribution >= 4 is 5.91 Å². The molecule has 0 bridgehead atoms. The average Bonchev–Trinajstić information content (AvgIpc) is 3.17. The first-order valence-corrected chi connectivity index (χ1v) is 6.88. The first kappa shape index (κ1) is 15.8. The summed E-state index contributed by atoms with van der Waals surface area (Å²) in [5.41, 5.74) is -0.404. The highest BCUT2D eigenvalue weighted by Gasteiger charge is 2.41. The molecule has 1 fully saturated rings. The van der Waals surface area contributed by atoms with Crippen LogP contribution in [0.3, 0.4) is 0 Å². The van der Waals surface area contributed by atoms with E-state index in [2.05, 4.69) is 5.32 Å². The number of aliphatic hydroxyl groups is 1. The van der Waals surface area contributed by atoms with Gasteiger partial charge in [-0.3, -0.25) is 4.79 Å². The van der Waals surface area contributed by atoms with Gasteiger partial charge in [-0.15, -0.1) is 0 Å². The molecule has 0 saturated heterocycles. The predicted molar refractivity (Wildman–Crippen MR) is 71.5 cm³/mol. The molecule has 1 saturated carbocycles. The minimum Gasteiger partial charge on any atom is -0.396 e. The molecule has 0 radical (unpaired) electrons. The number of carbonyl (C=O) groups is 1. The van der Waals surface area contributed by atoms with Crippen molar-refractivity contribution in [2.45, 2.75) is 31.9 Å². The van der Waals surface area contributed by atoms with Crippen LogP contribution in [0.5, 0.6) is 0 Å². The van der Waals surface area contributed by atoms with E-state index >= 15 is 0 Å². The van der Waals surface area contributed by atoms with Gasteiger partial charge in [0.05, 0.1) is 12.0 Å². The largest absolute Gasteiger partial charge is 0.416 e. The first-order chi connectivity index (χ1) is 9.85. The van der Waals surface area contributed by atoms with Crippen LogP contribution in [0, 0.1) is 5.41 Å². The molecule has 1 aliphatic carbocycles. The van der Waals surface area contributed by atoms with Gasteiger partial charge in [0.15, 0.2) is 0 Å². The molecular weight excluding hydrogens is 283 g/mol. The standard InChI is InChI=1S/C15H18F3NO2/c16-15(17,18)12-3-1-2-11(8-12)9-13(21)19-10-14(4-5-14)6-7-20/h1-3,8,20H,4-7,9-10H2,(H,19,21). The molecule has 1 aromatic rings. The van der Waals surface area contributed by atoms with E-state index in [4.69, 9.17) is 5.11 Å². The number of benzene rings is 1. The Morgan fingerprint density at radius 1 is 1.33 bits per heavy atom. The van der Waals surface area contributed by atoms with Gasteiger partial charge in [0.1, 0.15) is 0 Å². The van der Waals surface area contributed by atoms with Crippen LogP contribution in [0.1, 0.15) is 30.4 Å². The Morgan fingerprint density at radius 2 is 2.05 bits per heavy atom. The van der Waals surface area contributed by atoms with Crippen LogP contribution >= 0.6 is 0 Å². The van der Waals surface area contributed by atoms with E-state index in [1.165, 1.54) is 12.1 Å². The highest BCUT2D eigenvalue weighted by Crippen LogP contribution is 2.47. The second-order valence-electron chi connectivity index (χ2n) is 5.63. The lowest BCUT2D eigenvalue weighted by Crippen LogP contribution is -2.31. The third-order valence-corrected chi connectivity index (χ3v) is 3.88. The zero-order chi connectivity index (χ0) is 15.5. The molecule has 0 aliphatic heterocycles. The topological polar surface area (TPSA) is 49.3 Å². The normalized spacial score (nSPS) is 16.6. The fraction of sp³-hybridized carbons (Fsp3) is 0.533. The number of halogens is 3. The zero-order valence-corrected chi connectivity index (χ0v) is 11.5. The molecule has 6 heteroatoms. The molecule has 3 nitrogen and oxygen atoms in total. The van der Waals surface area contributed by atoms with Crippen LogP contribution in [0.25, 0.3) is 0 Å². The minimum atomic E-state index is -4.40. The highest BCUT2D eigenvalue weighted by molar-refractivity contribution is 5.78. The van der Waals surface area contributed by atoms with E-state index in [9.17, 15) is 18.0 Å². The zero-order valence-electron chi connectivity index (χ0n) is 11.5. The Bertz CT molecular complexity index is 510. The van der Waals surface area contributed by atoms with Crippen LogP contribution in [-0.2, 0) is 17.4 Å². The van der Waals surface area contributed by atoms with E-state index in [1.54, 1.807) is 0 Å². The van der Waals surface area contributed by atoms with Gasteiger partial charge in [-0.1, -0.05) is 18.2 Å². The molecular formula is C15H18F3NO2. The first-order valence-electron chi connectivity index (χ1n) is 6.88. The number of carbonyl (C=O) groups excluding carboxylic acids is 1. The van der Waals surface area contributed by atoms with Crippen molar-refractivity contribution in [3.05, 3.63) is 35.4 Å². The molecule has 0 heterocycles. The molecule has 1 amide bonds. The van der Waals surface area contributed by atoms with E-state index < -0.39 is 11.7 Å². The number of nitrogens with one attached hydrogen (secondary N) is 1. The summed E-state index contributed by atoms with van der Waals surface area (Å²) >= 11 is 0. The number of rotatable bonds is 6. The maximum absolute atomic E-state index is 12.6.